The lowest BCUT2D eigenvalue weighted by Crippen LogP contribution is -2.39. The maximum Gasteiger partial charge on any atom is 0.337 e. The fourth-order valence-electron chi connectivity index (χ4n) is 1.72. The van der Waals surface area contributed by atoms with E-state index in [0.29, 0.717) is 13.0 Å². The monoisotopic (exact) mass is 238 g/mol. The Morgan fingerprint density at radius 2 is 2.18 bits per heavy atom. The van der Waals surface area contributed by atoms with Crippen LogP contribution in [0.4, 0.5) is 5.95 Å². The zero-order chi connectivity index (χ0) is 12.4. The smallest absolute Gasteiger partial charge is 0.337 e. The second kappa shape index (κ2) is 4.52. The SMILES string of the molecule is CCCC1C(=O)Nc2nc(OCC)nn2C1=O. The summed E-state index contributed by atoms with van der Waals surface area (Å²) < 4.78 is 6.19. The Labute approximate surface area is 98.2 Å². The number of rotatable bonds is 4. The first kappa shape index (κ1) is 11.6. The van der Waals surface area contributed by atoms with Crippen molar-refractivity contribution in [2.45, 2.75) is 26.7 Å². The van der Waals surface area contributed by atoms with E-state index in [1.807, 2.05) is 6.92 Å². The summed E-state index contributed by atoms with van der Waals surface area (Å²) in [6.45, 7) is 4.12. The summed E-state index contributed by atoms with van der Waals surface area (Å²) in [5.41, 5.74) is 0. The van der Waals surface area contributed by atoms with Gasteiger partial charge in [-0.1, -0.05) is 13.3 Å². The van der Waals surface area contributed by atoms with E-state index in [2.05, 4.69) is 15.4 Å². The van der Waals surface area contributed by atoms with E-state index in [4.69, 9.17) is 4.74 Å². The molecule has 0 radical (unpaired) electrons. The minimum atomic E-state index is -0.677. The number of carbonyl (C=O) groups excluding carboxylic acids is 2. The van der Waals surface area contributed by atoms with Crippen LogP contribution < -0.4 is 10.1 Å². The molecule has 0 aliphatic carbocycles. The third kappa shape index (κ3) is 2.00. The Balaban J connectivity index is 2.30. The van der Waals surface area contributed by atoms with Crippen molar-refractivity contribution in [1.29, 1.82) is 0 Å². The standard InChI is InChI=1S/C10H14N4O3/c1-3-5-6-7(15)11-9-12-10(17-4-2)13-14(9)8(6)16/h6H,3-5H2,1-2H3,(H,11,12,13,15). The van der Waals surface area contributed by atoms with Crippen molar-refractivity contribution in [3.05, 3.63) is 0 Å². The lowest BCUT2D eigenvalue weighted by Gasteiger charge is -2.19. The molecule has 2 heterocycles. The largest absolute Gasteiger partial charge is 0.463 e. The molecule has 1 atom stereocenters. The van der Waals surface area contributed by atoms with Gasteiger partial charge >= 0.3 is 6.01 Å². The van der Waals surface area contributed by atoms with Crippen molar-refractivity contribution >= 4 is 17.8 Å². The molecule has 1 aromatic rings. The highest BCUT2D eigenvalue weighted by Crippen LogP contribution is 2.22. The number of aromatic nitrogens is 3. The normalized spacial score (nSPS) is 18.8. The number of ether oxygens (including phenoxy) is 1. The van der Waals surface area contributed by atoms with E-state index in [0.717, 1.165) is 11.1 Å². The first-order chi connectivity index (χ1) is 8.17. The Morgan fingerprint density at radius 1 is 1.41 bits per heavy atom. The van der Waals surface area contributed by atoms with Crippen molar-refractivity contribution in [2.24, 2.45) is 5.92 Å². The van der Waals surface area contributed by atoms with E-state index >= 15 is 0 Å². The van der Waals surface area contributed by atoms with E-state index in [9.17, 15) is 9.59 Å². The van der Waals surface area contributed by atoms with Crippen LogP contribution in [0.1, 0.15) is 31.5 Å². The molecule has 0 saturated carbocycles. The van der Waals surface area contributed by atoms with Crippen LogP contribution in [-0.2, 0) is 4.79 Å². The summed E-state index contributed by atoms with van der Waals surface area (Å²) in [6, 6.07) is 0.105. The van der Waals surface area contributed by atoms with Crippen LogP contribution in [0.5, 0.6) is 6.01 Å². The average Bonchev–Trinajstić information content (AvgIpc) is 2.67. The first-order valence-electron chi connectivity index (χ1n) is 5.62. The van der Waals surface area contributed by atoms with Crippen LogP contribution in [0, 0.1) is 5.92 Å². The zero-order valence-corrected chi connectivity index (χ0v) is 9.77. The molecule has 0 bridgehead atoms. The summed E-state index contributed by atoms with van der Waals surface area (Å²) in [6.07, 6.45) is 1.26. The van der Waals surface area contributed by atoms with Gasteiger partial charge in [0.25, 0.3) is 5.91 Å². The molecule has 1 unspecified atom stereocenters. The van der Waals surface area contributed by atoms with Crippen molar-refractivity contribution in [3.63, 3.8) is 0 Å². The Kier molecular flexibility index (Phi) is 3.08. The topological polar surface area (TPSA) is 86.1 Å². The molecule has 1 aliphatic heterocycles. The lowest BCUT2D eigenvalue weighted by atomic mass is 10.0. The van der Waals surface area contributed by atoms with E-state index in [1.165, 1.54) is 0 Å². The predicted molar refractivity (Wildman–Crippen MR) is 58.8 cm³/mol. The van der Waals surface area contributed by atoms with Crippen molar-refractivity contribution in [3.8, 4) is 6.01 Å². The van der Waals surface area contributed by atoms with Crippen LogP contribution in [0.3, 0.4) is 0 Å². The molecule has 1 N–H and O–H groups in total. The molecule has 0 aromatic carbocycles. The number of amides is 1. The highest BCUT2D eigenvalue weighted by molar-refractivity contribution is 6.10. The molecular weight excluding hydrogens is 224 g/mol. The van der Waals surface area contributed by atoms with Gasteiger partial charge in [0.15, 0.2) is 0 Å². The van der Waals surface area contributed by atoms with Gasteiger partial charge in [0.2, 0.25) is 11.9 Å². The number of hydrogen-bond acceptors (Lipinski definition) is 5. The van der Waals surface area contributed by atoms with Crippen molar-refractivity contribution in [2.75, 3.05) is 11.9 Å². The van der Waals surface area contributed by atoms with Crippen LogP contribution >= 0.6 is 0 Å². The molecule has 92 valence electrons. The molecule has 7 nitrogen and oxygen atoms in total. The molecule has 7 heteroatoms. The maximum absolute atomic E-state index is 12.0. The van der Waals surface area contributed by atoms with Crippen LogP contribution in [-0.4, -0.2) is 33.2 Å². The quantitative estimate of drug-likeness (QED) is 0.780. The van der Waals surface area contributed by atoms with Crippen LogP contribution in [0.2, 0.25) is 0 Å². The average molecular weight is 238 g/mol. The Hall–Kier alpha value is -1.92. The van der Waals surface area contributed by atoms with Crippen LogP contribution in [0.15, 0.2) is 0 Å². The van der Waals surface area contributed by atoms with Gasteiger partial charge in [-0.3, -0.25) is 14.9 Å². The molecular formula is C10H14N4O3. The molecule has 17 heavy (non-hydrogen) atoms. The summed E-state index contributed by atoms with van der Waals surface area (Å²) in [5.74, 6) is -1.21. The number of hydrogen-bond donors (Lipinski definition) is 1. The minimum Gasteiger partial charge on any atom is -0.463 e. The van der Waals surface area contributed by atoms with Gasteiger partial charge in [-0.2, -0.15) is 9.67 Å². The second-order valence-electron chi connectivity index (χ2n) is 3.73. The van der Waals surface area contributed by atoms with Gasteiger partial charge in [0.05, 0.1) is 6.61 Å². The second-order valence-corrected chi connectivity index (χ2v) is 3.73. The number of nitrogens with one attached hydrogen (secondary N) is 1. The summed E-state index contributed by atoms with van der Waals surface area (Å²) in [7, 11) is 0. The third-order valence-electron chi connectivity index (χ3n) is 2.50. The van der Waals surface area contributed by atoms with Gasteiger partial charge in [0, 0.05) is 0 Å². The van der Waals surface area contributed by atoms with Gasteiger partial charge < -0.3 is 4.74 Å². The van der Waals surface area contributed by atoms with E-state index in [-0.39, 0.29) is 23.8 Å². The fraction of sp³-hybridized carbons (Fsp3) is 0.600. The van der Waals surface area contributed by atoms with Gasteiger partial charge in [-0.15, -0.1) is 5.10 Å². The number of carbonyl (C=O) groups is 2. The number of nitrogens with zero attached hydrogens (tertiary/aromatic N) is 3. The van der Waals surface area contributed by atoms with Crippen molar-refractivity contribution in [1.82, 2.24) is 14.8 Å². The molecule has 0 spiro atoms. The molecule has 2 rings (SSSR count). The van der Waals surface area contributed by atoms with E-state index < -0.39 is 5.92 Å². The van der Waals surface area contributed by atoms with Gasteiger partial charge in [0.1, 0.15) is 5.92 Å². The van der Waals surface area contributed by atoms with Crippen molar-refractivity contribution < 1.29 is 14.3 Å². The summed E-state index contributed by atoms with van der Waals surface area (Å²) >= 11 is 0. The predicted octanol–water partition coefficient (Wildman–Crippen LogP) is 0.685. The van der Waals surface area contributed by atoms with Gasteiger partial charge in [-0.05, 0) is 13.3 Å². The zero-order valence-electron chi connectivity index (χ0n) is 9.77. The number of fused-ring (bicyclic) bond motifs is 1. The molecule has 1 aromatic heterocycles. The number of anilines is 1. The molecule has 1 amide bonds. The van der Waals surface area contributed by atoms with Crippen LogP contribution in [0.25, 0.3) is 0 Å². The molecule has 0 saturated heterocycles. The maximum atomic E-state index is 12.0. The fourth-order valence-corrected chi connectivity index (χ4v) is 1.72. The highest BCUT2D eigenvalue weighted by Gasteiger charge is 2.36. The Bertz CT molecular complexity index is 454. The highest BCUT2D eigenvalue weighted by atomic mass is 16.5. The lowest BCUT2D eigenvalue weighted by molar-refractivity contribution is -0.119. The third-order valence-corrected chi connectivity index (χ3v) is 2.50. The summed E-state index contributed by atoms with van der Waals surface area (Å²) in [4.78, 5) is 27.6. The molecule has 0 fully saturated rings. The Morgan fingerprint density at radius 3 is 2.82 bits per heavy atom. The van der Waals surface area contributed by atoms with E-state index in [1.54, 1.807) is 6.92 Å². The van der Waals surface area contributed by atoms with Gasteiger partial charge in [-0.25, -0.2) is 0 Å². The minimum absolute atomic E-state index is 0.105. The first-order valence-corrected chi connectivity index (χ1v) is 5.62. The summed E-state index contributed by atoms with van der Waals surface area (Å²) in [5, 5.41) is 6.46. The molecule has 1 aliphatic rings.